The van der Waals surface area contributed by atoms with Gasteiger partial charge in [0.15, 0.2) is 0 Å². The maximum atomic E-state index is 13.8. The summed E-state index contributed by atoms with van der Waals surface area (Å²) in [6.07, 6.45) is 3.23. The van der Waals surface area contributed by atoms with E-state index in [-0.39, 0.29) is 23.2 Å². The van der Waals surface area contributed by atoms with Gasteiger partial charge in [0.2, 0.25) is 0 Å². The molecule has 0 saturated carbocycles. The van der Waals surface area contributed by atoms with Crippen molar-refractivity contribution in [1.29, 1.82) is 0 Å². The van der Waals surface area contributed by atoms with E-state index in [0.717, 1.165) is 16.8 Å². The molecule has 0 aliphatic rings. The summed E-state index contributed by atoms with van der Waals surface area (Å²) in [6, 6.07) is 8.31. The van der Waals surface area contributed by atoms with Crippen molar-refractivity contribution in [2.24, 2.45) is 0 Å². The quantitative estimate of drug-likeness (QED) is 0.638. The highest BCUT2D eigenvalue weighted by molar-refractivity contribution is 5.96. The summed E-state index contributed by atoms with van der Waals surface area (Å²) in [5.41, 5.74) is 4.18. The van der Waals surface area contributed by atoms with E-state index in [9.17, 15) is 9.18 Å². The maximum Gasteiger partial charge on any atom is 0.251 e. The molecule has 30 heavy (non-hydrogen) atoms. The van der Waals surface area contributed by atoms with Crippen LogP contribution in [0.3, 0.4) is 0 Å². The van der Waals surface area contributed by atoms with E-state index in [1.807, 2.05) is 34.6 Å². The van der Waals surface area contributed by atoms with Gasteiger partial charge < -0.3 is 5.32 Å². The third-order valence-corrected chi connectivity index (χ3v) is 4.60. The molecule has 0 aliphatic heterocycles. The monoisotopic (exact) mass is 406 g/mol. The van der Waals surface area contributed by atoms with Gasteiger partial charge in [0.1, 0.15) is 12.1 Å². The van der Waals surface area contributed by atoms with Crippen LogP contribution in [0, 0.1) is 12.7 Å². The second-order valence-electron chi connectivity index (χ2n) is 8.77. The minimum atomic E-state index is -0.383. The first-order valence-electron chi connectivity index (χ1n) is 9.96. The molecule has 2 aromatic heterocycles. The highest BCUT2D eigenvalue weighted by atomic mass is 19.1. The molecule has 0 radical (unpaired) electrons. The summed E-state index contributed by atoms with van der Waals surface area (Å²) in [7, 11) is 0. The number of amides is 1. The van der Waals surface area contributed by atoms with Crippen molar-refractivity contribution in [2.75, 3.05) is 0 Å². The summed E-state index contributed by atoms with van der Waals surface area (Å²) < 4.78 is 13.8. The van der Waals surface area contributed by atoms with E-state index < -0.39 is 0 Å². The molecule has 2 heterocycles. The van der Waals surface area contributed by atoms with Crippen molar-refractivity contribution < 1.29 is 9.18 Å². The first-order valence-corrected chi connectivity index (χ1v) is 9.96. The van der Waals surface area contributed by atoms with Crippen molar-refractivity contribution in [3.05, 3.63) is 65.5 Å². The Morgan fingerprint density at radius 3 is 2.43 bits per heavy atom. The molecule has 0 fully saturated rings. The smallest absolute Gasteiger partial charge is 0.251 e. The topological polar surface area (TPSA) is 67.8 Å². The molecule has 0 atom stereocenters. The van der Waals surface area contributed by atoms with Gasteiger partial charge in [0.25, 0.3) is 5.91 Å². The lowest BCUT2D eigenvalue weighted by Crippen LogP contribution is -2.40. The molecule has 6 heteroatoms. The number of nitrogens with one attached hydrogen (secondary N) is 1. The zero-order valence-electron chi connectivity index (χ0n) is 18.2. The molecule has 3 aromatic rings. The van der Waals surface area contributed by atoms with E-state index in [1.165, 1.54) is 12.4 Å². The number of carbonyl (C=O) groups excluding carboxylic acids is 1. The fourth-order valence-electron chi connectivity index (χ4n) is 3.16. The second kappa shape index (κ2) is 8.30. The standard InChI is InChI=1S/C24H27FN4O/c1-14(2)22-18(12-26-13-27-22)21-11-17(23(30)29-24(4,5)6)10-20(28-21)16-7-8-19(25)15(3)9-16/h7-14H,1-6H3,(H,29,30). The zero-order chi connectivity index (χ0) is 22.1. The van der Waals surface area contributed by atoms with Gasteiger partial charge in [-0.15, -0.1) is 0 Å². The lowest BCUT2D eigenvalue weighted by atomic mass is 9.99. The number of aryl methyl sites for hydroxylation is 1. The fourth-order valence-corrected chi connectivity index (χ4v) is 3.16. The Hall–Kier alpha value is -3.15. The van der Waals surface area contributed by atoms with Gasteiger partial charge in [0, 0.05) is 28.4 Å². The van der Waals surface area contributed by atoms with Gasteiger partial charge in [-0.1, -0.05) is 13.8 Å². The van der Waals surface area contributed by atoms with Crippen molar-refractivity contribution >= 4 is 5.91 Å². The molecule has 0 spiro atoms. The van der Waals surface area contributed by atoms with Crippen LogP contribution < -0.4 is 5.32 Å². The molecule has 0 aliphatic carbocycles. The Labute approximate surface area is 176 Å². The van der Waals surface area contributed by atoms with E-state index in [4.69, 9.17) is 4.98 Å². The zero-order valence-corrected chi connectivity index (χ0v) is 18.2. The summed E-state index contributed by atoms with van der Waals surface area (Å²) in [6.45, 7) is 11.6. The molecule has 1 N–H and O–H groups in total. The molecule has 5 nitrogen and oxygen atoms in total. The Morgan fingerprint density at radius 2 is 1.80 bits per heavy atom. The van der Waals surface area contributed by atoms with Crippen LogP contribution in [-0.2, 0) is 0 Å². The predicted molar refractivity (Wildman–Crippen MR) is 117 cm³/mol. The van der Waals surface area contributed by atoms with E-state index in [0.29, 0.717) is 22.5 Å². The van der Waals surface area contributed by atoms with Crippen LogP contribution in [0.4, 0.5) is 4.39 Å². The van der Waals surface area contributed by atoms with Gasteiger partial charge in [-0.3, -0.25) is 4.79 Å². The van der Waals surface area contributed by atoms with E-state index >= 15 is 0 Å². The maximum absolute atomic E-state index is 13.8. The van der Waals surface area contributed by atoms with Crippen LogP contribution in [-0.4, -0.2) is 26.4 Å². The van der Waals surface area contributed by atoms with Gasteiger partial charge >= 0.3 is 0 Å². The van der Waals surface area contributed by atoms with Crippen molar-refractivity contribution in [3.8, 4) is 22.5 Å². The third-order valence-electron chi connectivity index (χ3n) is 4.60. The van der Waals surface area contributed by atoms with Crippen molar-refractivity contribution in [1.82, 2.24) is 20.3 Å². The number of hydrogen-bond acceptors (Lipinski definition) is 4. The molecule has 3 rings (SSSR count). The average Bonchev–Trinajstić information content (AvgIpc) is 2.68. The van der Waals surface area contributed by atoms with Crippen LogP contribution in [0.5, 0.6) is 0 Å². The number of halogens is 1. The largest absolute Gasteiger partial charge is 0.347 e. The number of benzene rings is 1. The van der Waals surface area contributed by atoms with Crippen LogP contribution in [0.15, 0.2) is 42.9 Å². The average molecular weight is 407 g/mol. The van der Waals surface area contributed by atoms with Gasteiger partial charge in [-0.05, 0) is 69.5 Å². The number of pyridine rings is 1. The molecule has 1 aromatic carbocycles. The summed E-state index contributed by atoms with van der Waals surface area (Å²) >= 11 is 0. The molecular weight excluding hydrogens is 379 g/mol. The lowest BCUT2D eigenvalue weighted by molar-refractivity contribution is 0.0919. The minimum absolute atomic E-state index is 0.161. The molecule has 1 amide bonds. The molecular formula is C24H27FN4O. The Balaban J connectivity index is 2.21. The number of carbonyl (C=O) groups is 1. The highest BCUT2D eigenvalue weighted by Crippen LogP contribution is 2.29. The summed E-state index contributed by atoms with van der Waals surface area (Å²) in [5, 5.41) is 2.99. The molecule has 0 saturated heterocycles. The van der Waals surface area contributed by atoms with Gasteiger partial charge in [-0.2, -0.15) is 0 Å². The molecule has 0 unspecified atom stereocenters. The van der Waals surface area contributed by atoms with Crippen LogP contribution >= 0.6 is 0 Å². The third kappa shape index (κ3) is 4.87. The lowest BCUT2D eigenvalue weighted by Gasteiger charge is -2.21. The predicted octanol–water partition coefficient (Wildman–Crippen LogP) is 5.30. The Kier molecular flexibility index (Phi) is 5.97. The first kappa shape index (κ1) is 21.6. The van der Waals surface area contributed by atoms with Gasteiger partial charge in [0.05, 0.1) is 17.1 Å². The number of aromatic nitrogens is 3. The van der Waals surface area contributed by atoms with Crippen molar-refractivity contribution in [3.63, 3.8) is 0 Å². The Morgan fingerprint density at radius 1 is 1.10 bits per heavy atom. The highest BCUT2D eigenvalue weighted by Gasteiger charge is 2.20. The Bertz CT molecular complexity index is 1090. The van der Waals surface area contributed by atoms with Crippen LogP contribution in [0.25, 0.3) is 22.5 Å². The van der Waals surface area contributed by atoms with Gasteiger partial charge in [-0.25, -0.2) is 19.3 Å². The first-order chi connectivity index (χ1) is 14.0. The number of rotatable bonds is 4. The normalized spacial score (nSPS) is 11.6. The van der Waals surface area contributed by atoms with E-state index in [1.54, 1.807) is 37.4 Å². The summed E-state index contributed by atoms with van der Waals surface area (Å²) in [4.78, 5) is 26.3. The van der Waals surface area contributed by atoms with E-state index in [2.05, 4.69) is 15.3 Å². The SMILES string of the molecule is Cc1cc(-c2cc(C(=O)NC(C)(C)C)cc(-c3cncnc3C(C)C)n2)ccc1F. The minimum Gasteiger partial charge on any atom is -0.347 e. The second-order valence-corrected chi connectivity index (χ2v) is 8.77. The fraction of sp³-hybridized carbons (Fsp3) is 0.333. The van der Waals surface area contributed by atoms with Crippen LogP contribution in [0.2, 0.25) is 0 Å². The van der Waals surface area contributed by atoms with Crippen LogP contribution in [0.1, 0.15) is 62.2 Å². The number of hydrogen-bond donors (Lipinski definition) is 1. The molecule has 0 bridgehead atoms. The van der Waals surface area contributed by atoms with Crippen molar-refractivity contribution in [2.45, 2.75) is 53.0 Å². The summed E-state index contributed by atoms with van der Waals surface area (Å²) in [5.74, 6) is -0.318. The number of nitrogens with zero attached hydrogens (tertiary/aromatic N) is 3. The molecule has 156 valence electrons.